The molecule has 0 atom stereocenters. The molecule has 2 aromatic rings. The average Bonchev–Trinajstić information content (AvgIpc) is 2.81. The van der Waals surface area contributed by atoms with Gasteiger partial charge in [-0.15, -0.1) is 0 Å². The number of para-hydroxylation sites is 1. The molecule has 0 N–H and O–H groups in total. The lowest BCUT2D eigenvalue weighted by Gasteiger charge is -2.14. The number of benzene rings is 1. The van der Waals surface area contributed by atoms with Gasteiger partial charge in [-0.1, -0.05) is 6.07 Å². The molecule has 98 valence electrons. The zero-order valence-electron chi connectivity index (χ0n) is 10.2. The van der Waals surface area contributed by atoms with E-state index in [1.807, 2.05) is 0 Å². The van der Waals surface area contributed by atoms with Crippen molar-refractivity contribution in [2.75, 3.05) is 0 Å². The van der Waals surface area contributed by atoms with Crippen LogP contribution in [0.5, 0.6) is 0 Å². The molecule has 0 saturated carbocycles. The Kier molecular flexibility index (Phi) is 2.77. The van der Waals surface area contributed by atoms with Crippen LogP contribution in [0.15, 0.2) is 24.5 Å². The molecule has 1 aliphatic rings. The molecule has 0 fully saturated rings. The van der Waals surface area contributed by atoms with Crippen molar-refractivity contribution in [1.29, 1.82) is 0 Å². The molecule has 0 radical (unpaired) electrons. The second kappa shape index (κ2) is 4.46. The summed E-state index contributed by atoms with van der Waals surface area (Å²) in [5, 5.41) is 11.0. The van der Waals surface area contributed by atoms with Gasteiger partial charge in [0, 0.05) is 5.69 Å². The fraction of sp³-hybridized carbons (Fsp3) is 0.308. The van der Waals surface area contributed by atoms with Gasteiger partial charge in [-0.05, 0) is 37.8 Å². The molecule has 5 nitrogen and oxygen atoms in total. The van der Waals surface area contributed by atoms with Crippen molar-refractivity contribution in [3.8, 4) is 5.69 Å². The number of nitro benzene ring substituents is 1. The fourth-order valence-electron chi connectivity index (χ4n) is 2.56. The van der Waals surface area contributed by atoms with Gasteiger partial charge >= 0.3 is 5.69 Å². The zero-order chi connectivity index (χ0) is 13.4. The standard InChI is InChI=1S/C13H12FN3O2/c14-9-4-3-7-12(13(9)17(18)19)16-8-15-10-5-1-2-6-11(10)16/h3-4,7-8H,1-2,5-6H2. The number of aromatic nitrogens is 2. The molecule has 6 heteroatoms. The molecule has 1 aromatic heterocycles. The van der Waals surface area contributed by atoms with Crippen molar-refractivity contribution < 1.29 is 9.31 Å². The monoisotopic (exact) mass is 261 g/mol. The molecule has 1 aromatic carbocycles. The highest BCUT2D eigenvalue weighted by atomic mass is 19.1. The second-order valence-electron chi connectivity index (χ2n) is 4.58. The van der Waals surface area contributed by atoms with Crippen LogP contribution in [0.2, 0.25) is 0 Å². The summed E-state index contributed by atoms with van der Waals surface area (Å²) in [6.07, 6.45) is 5.36. The van der Waals surface area contributed by atoms with E-state index in [0.29, 0.717) is 0 Å². The first-order valence-electron chi connectivity index (χ1n) is 6.17. The van der Waals surface area contributed by atoms with Gasteiger partial charge in [0.05, 0.1) is 16.9 Å². The number of hydrogen-bond acceptors (Lipinski definition) is 3. The SMILES string of the molecule is O=[N+]([O-])c1c(F)cccc1-n1cnc2c1CCCC2. The van der Waals surface area contributed by atoms with Gasteiger partial charge in [0.25, 0.3) is 0 Å². The number of nitro groups is 1. The molecular formula is C13H12FN3O2. The first-order chi connectivity index (χ1) is 9.18. The number of aryl methyl sites for hydroxylation is 1. The Morgan fingerprint density at radius 1 is 1.32 bits per heavy atom. The molecule has 19 heavy (non-hydrogen) atoms. The van der Waals surface area contributed by atoms with Gasteiger partial charge in [-0.2, -0.15) is 4.39 Å². The molecular weight excluding hydrogens is 249 g/mol. The van der Waals surface area contributed by atoms with Gasteiger partial charge < -0.3 is 0 Å². The molecule has 1 heterocycles. The lowest BCUT2D eigenvalue weighted by Crippen LogP contribution is -2.09. The molecule has 3 rings (SSSR count). The first kappa shape index (κ1) is 11.8. The highest BCUT2D eigenvalue weighted by Crippen LogP contribution is 2.30. The summed E-state index contributed by atoms with van der Waals surface area (Å²) in [5.74, 6) is -0.819. The largest absolute Gasteiger partial charge is 0.328 e. The normalized spacial score (nSPS) is 14.2. The number of hydrogen-bond donors (Lipinski definition) is 0. The van der Waals surface area contributed by atoms with E-state index < -0.39 is 16.4 Å². The average molecular weight is 261 g/mol. The Morgan fingerprint density at radius 3 is 2.89 bits per heavy atom. The minimum Gasteiger partial charge on any atom is -0.297 e. The van der Waals surface area contributed by atoms with Gasteiger partial charge in [-0.25, -0.2) is 4.98 Å². The van der Waals surface area contributed by atoms with Crippen molar-refractivity contribution in [2.24, 2.45) is 0 Å². The van der Waals surface area contributed by atoms with Crippen LogP contribution in [0.1, 0.15) is 24.2 Å². The minimum atomic E-state index is -0.819. The van der Waals surface area contributed by atoms with E-state index >= 15 is 0 Å². The maximum atomic E-state index is 13.6. The summed E-state index contributed by atoms with van der Waals surface area (Å²) < 4.78 is 15.3. The van der Waals surface area contributed by atoms with Crippen LogP contribution >= 0.6 is 0 Å². The predicted molar refractivity (Wildman–Crippen MR) is 66.8 cm³/mol. The van der Waals surface area contributed by atoms with Gasteiger partial charge in [0.15, 0.2) is 0 Å². The number of halogens is 1. The second-order valence-corrected chi connectivity index (χ2v) is 4.58. The number of fused-ring (bicyclic) bond motifs is 1. The van der Waals surface area contributed by atoms with Crippen molar-refractivity contribution in [1.82, 2.24) is 9.55 Å². The summed E-state index contributed by atoms with van der Waals surface area (Å²) in [6.45, 7) is 0. The van der Waals surface area contributed by atoms with E-state index in [9.17, 15) is 14.5 Å². The highest BCUT2D eigenvalue weighted by Gasteiger charge is 2.24. The summed E-state index contributed by atoms with van der Waals surface area (Å²) in [6, 6.07) is 4.13. The topological polar surface area (TPSA) is 61.0 Å². The van der Waals surface area contributed by atoms with Gasteiger partial charge in [-0.3, -0.25) is 14.7 Å². The lowest BCUT2D eigenvalue weighted by molar-refractivity contribution is -0.387. The number of nitrogens with zero attached hydrogens (tertiary/aromatic N) is 3. The third-order valence-corrected chi connectivity index (χ3v) is 3.44. The van der Waals surface area contributed by atoms with Crippen LogP contribution in [-0.2, 0) is 12.8 Å². The molecule has 0 spiro atoms. The van der Waals surface area contributed by atoms with E-state index in [0.717, 1.165) is 43.1 Å². The van der Waals surface area contributed by atoms with E-state index in [4.69, 9.17) is 0 Å². The highest BCUT2D eigenvalue weighted by molar-refractivity contribution is 5.54. The molecule has 0 unspecified atom stereocenters. The molecule has 0 saturated heterocycles. The summed E-state index contributed by atoms with van der Waals surface area (Å²) in [5.41, 5.74) is 1.68. The zero-order valence-corrected chi connectivity index (χ0v) is 10.2. The van der Waals surface area contributed by atoms with Crippen LogP contribution in [0.4, 0.5) is 10.1 Å². The Balaban J connectivity index is 2.20. The summed E-state index contributed by atoms with van der Waals surface area (Å²) >= 11 is 0. The van der Waals surface area contributed by atoms with Crippen LogP contribution in [0.25, 0.3) is 5.69 Å². The van der Waals surface area contributed by atoms with E-state index in [1.54, 1.807) is 17.0 Å². The minimum absolute atomic E-state index is 0.251. The van der Waals surface area contributed by atoms with E-state index in [2.05, 4.69) is 4.98 Å². The van der Waals surface area contributed by atoms with Crippen LogP contribution in [-0.4, -0.2) is 14.5 Å². The van der Waals surface area contributed by atoms with Gasteiger partial charge in [0.2, 0.25) is 5.82 Å². The number of rotatable bonds is 2. The third-order valence-electron chi connectivity index (χ3n) is 3.44. The summed E-state index contributed by atoms with van der Waals surface area (Å²) in [4.78, 5) is 14.6. The van der Waals surface area contributed by atoms with Crippen LogP contribution in [0.3, 0.4) is 0 Å². The maximum Gasteiger partial charge on any atom is 0.328 e. The molecule has 0 aliphatic heterocycles. The van der Waals surface area contributed by atoms with Gasteiger partial charge in [0.1, 0.15) is 5.69 Å². The lowest BCUT2D eigenvalue weighted by atomic mass is 10.0. The van der Waals surface area contributed by atoms with E-state index in [-0.39, 0.29) is 5.69 Å². The summed E-state index contributed by atoms with van der Waals surface area (Å²) in [7, 11) is 0. The van der Waals surface area contributed by atoms with Crippen LogP contribution in [0, 0.1) is 15.9 Å². The quantitative estimate of drug-likeness (QED) is 0.617. The number of imidazole rings is 1. The maximum absolute atomic E-state index is 13.6. The van der Waals surface area contributed by atoms with Crippen LogP contribution < -0.4 is 0 Å². The Bertz CT molecular complexity index is 651. The predicted octanol–water partition coefficient (Wildman–Crippen LogP) is 2.80. The Labute approximate surface area is 108 Å². The third kappa shape index (κ3) is 1.89. The smallest absolute Gasteiger partial charge is 0.297 e. The Hall–Kier alpha value is -2.24. The molecule has 1 aliphatic carbocycles. The van der Waals surface area contributed by atoms with Crippen molar-refractivity contribution >= 4 is 5.69 Å². The molecule has 0 amide bonds. The first-order valence-corrected chi connectivity index (χ1v) is 6.17. The van der Waals surface area contributed by atoms with Crippen molar-refractivity contribution in [3.63, 3.8) is 0 Å². The van der Waals surface area contributed by atoms with Crippen molar-refractivity contribution in [2.45, 2.75) is 25.7 Å². The Morgan fingerprint density at radius 2 is 2.11 bits per heavy atom. The van der Waals surface area contributed by atoms with Crippen molar-refractivity contribution in [3.05, 3.63) is 51.8 Å². The van der Waals surface area contributed by atoms with E-state index in [1.165, 1.54) is 6.07 Å². The fourth-order valence-corrected chi connectivity index (χ4v) is 2.56. The molecule has 0 bridgehead atoms.